The maximum absolute atomic E-state index is 11.5. The Kier molecular flexibility index (Phi) is 7.57. The Morgan fingerprint density at radius 2 is 1.67 bits per heavy atom. The maximum atomic E-state index is 11.5. The van der Waals surface area contributed by atoms with E-state index in [2.05, 4.69) is 0 Å². The molecule has 0 radical (unpaired) electrons. The zero-order valence-corrected chi connectivity index (χ0v) is 11.6. The van der Waals surface area contributed by atoms with Gasteiger partial charge < -0.3 is 25.1 Å². The van der Waals surface area contributed by atoms with E-state index in [4.69, 9.17) is 0 Å². The molecule has 0 aliphatic heterocycles. The number of carbonyl (C=O) groups is 3. The molecule has 90 valence electrons. The van der Waals surface area contributed by atoms with Crippen LogP contribution in [0.5, 0.6) is 0 Å². The summed E-state index contributed by atoms with van der Waals surface area (Å²) < 4.78 is 0. The number of benzene rings is 1. The van der Waals surface area contributed by atoms with Crippen molar-refractivity contribution >= 4 is 55.6 Å². The average molecular weight is 275 g/mol. The molecule has 0 aromatic heterocycles. The molecule has 1 aromatic carbocycles. The van der Waals surface area contributed by atoms with Gasteiger partial charge >= 0.3 is 37.7 Å². The van der Waals surface area contributed by atoms with E-state index in [1.54, 1.807) is 18.2 Å². The molecule has 1 amide bonds. The largest absolute Gasteiger partial charge is 2.00 e. The van der Waals surface area contributed by atoms with E-state index in [-0.39, 0.29) is 43.3 Å². The molecule has 0 saturated heterocycles. The van der Waals surface area contributed by atoms with Crippen LogP contribution in [-0.2, 0) is 9.59 Å². The van der Waals surface area contributed by atoms with Crippen LogP contribution >= 0.6 is 0 Å². The quantitative estimate of drug-likeness (QED) is 0.588. The number of carboxylic acid groups (broad SMARTS) is 2. The molecular weight excluding hydrogens is 266 g/mol. The number of aliphatic carboxylic acids is 2. The van der Waals surface area contributed by atoms with Gasteiger partial charge in [-0.05, 0) is 12.1 Å². The van der Waals surface area contributed by atoms with Gasteiger partial charge in [-0.3, -0.25) is 4.79 Å². The van der Waals surface area contributed by atoms with E-state index in [1.165, 1.54) is 12.1 Å². The van der Waals surface area contributed by atoms with Crippen molar-refractivity contribution in [3.63, 3.8) is 0 Å². The first kappa shape index (κ1) is 16.9. The van der Waals surface area contributed by atoms with Gasteiger partial charge in [-0.25, -0.2) is 0 Å². The Bertz CT molecular complexity index is 434. The molecule has 18 heavy (non-hydrogen) atoms. The Morgan fingerprint density at radius 1 is 1.11 bits per heavy atom. The Morgan fingerprint density at radius 3 is 2.11 bits per heavy atom. The molecule has 0 bridgehead atoms. The van der Waals surface area contributed by atoms with Gasteiger partial charge in [0.05, 0.1) is 12.0 Å². The van der Waals surface area contributed by atoms with E-state index in [0.717, 1.165) is 0 Å². The second-order valence-electron chi connectivity index (χ2n) is 3.29. The SMILES string of the molecule is O=C([O-])CC(NC(=O)c1ccccc1)C(=O)[O-].[Ca+2]. The molecule has 1 unspecified atom stereocenters. The molecule has 0 saturated carbocycles. The van der Waals surface area contributed by atoms with Crippen molar-refractivity contribution in [1.29, 1.82) is 0 Å². The smallest absolute Gasteiger partial charge is 0.550 e. The van der Waals surface area contributed by atoms with Crippen LogP contribution in [0.15, 0.2) is 30.3 Å². The molecule has 1 aromatic rings. The number of carbonyl (C=O) groups excluding carboxylic acids is 3. The van der Waals surface area contributed by atoms with Crippen LogP contribution in [0.4, 0.5) is 0 Å². The molecular formula is C11H9CaNO5. The predicted octanol–water partition coefficient (Wildman–Crippen LogP) is -2.71. The zero-order valence-electron chi connectivity index (χ0n) is 9.42. The molecule has 0 aliphatic carbocycles. The minimum absolute atomic E-state index is 0. The molecule has 0 spiro atoms. The maximum Gasteiger partial charge on any atom is 2.00 e. The summed E-state index contributed by atoms with van der Waals surface area (Å²) >= 11 is 0. The minimum atomic E-state index is -1.67. The average Bonchev–Trinajstić information content (AvgIpc) is 2.28. The third-order valence-electron chi connectivity index (χ3n) is 2.00. The van der Waals surface area contributed by atoms with Crippen molar-refractivity contribution < 1.29 is 24.6 Å². The summed E-state index contributed by atoms with van der Waals surface area (Å²) in [6, 6.07) is 6.23. The fourth-order valence-electron chi connectivity index (χ4n) is 1.19. The number of hydrogen-bond donors (Lipinski definition) is 1. The topological polar surface area (TPSA) is 109 Å². The van der Waals surface area contributed by atoms with Crippen LogP contribution in [-0.4, -0.2) is 61.6 Å². The van der Waals surface area contributed by atoms with Gasteiger partial charge in [-0.1, -0.05) is 18.2 Å². The number of amides is 1. The second kappa shape index (κ2) is 8.07. The van der Waals surface area contributed by atoms with Crippen LogP contribution < -0.4 is 15.5 Å². The molecule has 1 atom stereocenters. The van der Waals surface area contributed by atoms with E-state index in [0.29, 0.717) is 0 Å². The van der Waals surface area contributed by atoms with Gasteiger partial charge in [0.15, 0.2) is 0 Å². The standard InChI is InChI=1S/C11H11NO5.Ca/c13-9(14)6-8(11(16)17)12-10(15)7-4-2-1-3-5-7;/h1-5,8H,6H2,(H,12,15)(H,13,14)(H,16,17);/q;+2/p-2. The number of hydrogen-bond acceptors (Lipinski definition) is 5. The number of carboxylic acids is 2. The van der Waals surface area contributed by atoms with Gasteiger partial charge in [-0.2, -0.15) is 0 Å². The summed E-state index contributed by atoms with van der Waals surface area (Å²) in [6.45, 7) is 0. The first-order valence-corrected chi connectivity index (χ1v) is 4.77. The van der Waals surface area contributed by atoms with Crippen LogP contribution in [0, 0.1) is 0 Å². The number of rotatable bonds is 5. The zero-order chi connectivity index (χ0) is 12.8. The first-order chi connectivity index (χ1) is 8.00. The minimum Gasteiger partial charge on any atom is -0.550 e. The van der Waals surface area contributed by atoms with Crippen molar-refractivity contribution in [2.45, 2.75) is 12.5 Å². The molecule has 0 fully saturated rings. The summed E-state index contributed by atoms with van der Waals surface area (Å²) in [5.41, 5.74) is 0.233. The van der Waals surface area contributed by atoms with Crippen molar-refractivity contribution in [1.82, 2.24) is 5.32 Å². The monoisotopic (exact) mass is 275 g/mol. The van der Waals surface area contributed by atoms with E-state index >= 15 is 0 Å². The van der Waals surface area contributed by atoms with Crippen molar-refractivity contribution in [2.75, 3.05) is 0 Å². The summed E-state index contributed by atoms with van der Waals surface area (Å²) in [5, 5.41) is 22.9. The first-order valence-electron chi connectivity index (χ1n) is 4.77. The Hall–Kier alpha value is -1.11. The van der Waals surface area contributed by atoms with Gasteiger partial charge in [-0.15, -0.1) is 0 Å². The number of nitrogens with one attached hydrogen (secondary N) is 1. The van der Waals surface area contributed by atoms with Gasteiger partial charge in [0.2, 0.25) is 0 Å². The second-order valence-corrected chi connectivity index (χ2v) is 3.29. The van der Waals surface area contributed by atoms with Crippen molar-refractivity contribution in [3.8, 4) is 0 Å². The molecule has 6 nitrogen and oxygen atoms in total. The summed E-state index contributed by atoms with van der Waals surface area (Å²) in [7, 11) is 0. The fourth-order valence-corrected chi connectivity index (χ4v) is 1.19. The Labute approximate surface area is 133 Å². The van der Waals surface area contributed by atoms with Crippen LogP contribution in [0.2, 0.25) is 0 Å². The molecule has 0 aliphatic rings. The summed E-state index contributed by atoms with van der Waals surface area (Å²) in [5.74, 6) is -3.92. The third-order valence-corrected chi connectivity index (χ3v) is 2.00. The van der Waals surface area contributed by atoms with E-state index in [9.17, 15) is 24.6 Å². The summed E-state index contributed by atoms with van der Waals surface area (Å²) in [6.07, 6.45) is -0.832. The van der Waals surface area contributed by atoms with Crippen LogP contribution in [0.3, 0.4) is 0 Å². The summed E-state index contributed by atoms with van der Waals surface area (Å²) in [4.78, 5) is 32.4. The third kappa shape index (κ3) is 5.48. The molecule has 0 heterocycles. The normalized spacial score (nSPS) is 10.9. The van der Waals surface area contributed by atoms with Crippen molar-refractivity contribution in [2.24, 2.45) is 0 Å². The van der Waals surface area contributed by atoms with E-state index in [1.807, 2.05) is 5.32 Å². The van der Waals surface area contributed by atoms with Gasteiger partial charge in [0.25, 0.3) is 5.91 Å². The van der Waals surface area contributed by atoms with Gasteiger partial charge in [0, 0.05) is 18.0 Å². The van der Waals surface area contributed by atoms with Gasteiger partial charge in [0.1, 0.15) is 0 Å². The van der Waals surface area contributed by atoms with Crippen LogP contribution in [0.25, 0.3) is 0 Å². The van der Waals surface area contributed by atoms with Crippen LogP contribution in [0.1, 0.15) is 16.8 Å². The Balaban J connectivity index is 0.00000289. The predicted molar refractivity (Wildman–Crippen MR) is 58.1 cm³/mol. The van der Waals surface area contributed by atoms with E-state index < -0.39 is 30.3 Å². The van der Waals surface area contributed by atoms with Crippen molar-refractivity contribution in [3.05, 3.63) is 35.9 Å². The molecule has 1 N–H and O–H groups in total. The fraction of sp³-hybridized carbons (Fsp3) is 0.182. The molecule has 1 rings (SSSR count). The molecule has 7 heteroatoms.